The quantitative estimate of drug-likeness (QED) is 0.338. The molecule has 0 unspecified atom stereocenters. The van der Waals surface area contributed by atoms with Crippen LogP contribution in [0.2, 0.25) is 0 Å². The van der Waals surface area contributed by atoms with Crippen LogP contribution in [0.25, 0.3) is 0 Å². The van der Waals surface area contributed by atoms with E-state index in [0.717, 1.165) is 6.42 Å². The molecule has 29 heavy (non-hydrogen) atoms. The number of nitrogens with zero attached hydrogens (tertiary/aromatic N) is 2. The summed E-state index contributed by atoms with van der Waals surface area (Å²) in [5.74, 6) is 1.74. The van der Waals surface area contributed by atoms with Crippen LogP contribution in [0.5, 0.6) is 17.2 Å². The van der Waals surface area contributed by atoms with E-state index in [4.69, 9.17) is 9.47 Å². The third-order valence-electron chi connectivity index (χ3n) is 3.70. The Balaban J connectivity index is 1.86. The van der Waals surface area contributed by atoms with Crippen LogP contribution < -0.4 is 24.8 Å². The monoisotopic (exact) mass is 408 g/mol. The number of alkyl halides is 2. The highest BCUT2D eigenvalue weighted by molar-refractivity contribution is 5.79. The Morgan fingerprint density at radius 1 is 1.14 bits per heavy atom. The van der Waals surface area contributed by atoms with Gasteiger partial charge in [0.1, 0.15) is 23.9 Å². The molecule has 0 aliphatic carbocycles. The number of benzene rings is 1. The molecule has 9 heteroatoms. The van der Waals surface area contributed by atoms with Crippen LogP contribution in [0.15, 0.2) is 47.7 Å². The molecule has 2 N–H and O–H groups in total. The minimum absolute atomic E-state index is 0.0662. The summed E-state index contributed by atoms with van der Waals surface area (Å²) in [5, 5.41) is 6.16. The number of halogens is 2. The predicted octanol–water partition coefficient (Wildman–Crippen LogP) is 3.22. The van der Waals surface area contributed by atoms with Crippen LogP contribution in [0.3, 0.4) is 0 Å². The van der Waals surface area contributed by atoms with Crippen LogP contribution in [0, 0.1) is 0 Å². The van der Waals surface area contributed by atoms with E-state index >= 15 is 0 Å². The standard InChI is InChI=1S/C20H26F2N4O3/c1-3-10-27-16-7-6-15(18(12-16)29-19(21)22)13-26-20(23-2)25-9-11-28-17-5-4-8-24-14-17/h4-8,12,14,19H,3,9-11,13H2,1-2H3,(H2,23,25,26). The molecule has 1 heterocycles. The van der Waals surface area contributed by atoms with Crippen LogP contribution in [-0.4, -0.2) is 44.4 Å². The Hall–Kier alpha value is -3.10. The second kappa shape index (κ2) is 12.4. The van der Waals surface area contributed by atoms with Crippen molar-refractivity contribution in [3.05, 3.63) is 48.3 Å². The molecule has 0 bridgehead atoms. The van der Waals surface area contributed by atoms with E-state index in [2.05, 4.69) is 25.3 Å². The lowest BCUT2D eigenvalue weighted by Crippen LogP contribution is -2.39. The molecular formula is C20H26F2N4O3. The number of guanidine groups is 1. The van der Waals surface area contributed by atoms with Crippen LogP contribution in [0.4, 0.5) is 8.78 Å². The van der Waals surface area contributed by atoms with Gasteiger partial charge in [-0.1, -0.05) is 6.92 Å². The van der Waals surface area contributed by atoms with E-state index < -0.39 is 6.61 Å². The number of ether oxygens (including phenoxy) is 3. The van der Waals surface area contributed by atoms with Gasteiger partial charge in [-0.2, -0.15) is 8.78 Å². The number of nitrogens with one attached hydrogen (secondary N) is 2. The summed E-state index contributed by atoms with van der Waals surface area (Å²) in [4.78, 5) is 8.08. The zero-order valence-corrected chi connectivity index (χ0v) is 16.5. The summed E-state index contributed by atoms with van der Waals surface area (Å²) in [6.45, 7) is 0.712. The minimum atomic E-state index is -2.92. The lowest BCUT2D eigenvalue weighted by atomic mass is 10.2. The van der Waals surface area contributed by atoms with Crippen molar-refractivity contribution >= 4 is 5.96 Å². The van der Waals surface area contributed by atoms with E-state index in [9.17, 15) is 8.78 Å². The number of aliphatic imine (C=N–C) groups is 1. The zero-order valence-electron chi connectivity index (χ0n) is 16.5. The fourth-order valence-electron chi connectivity index (χ4n) is 2.37. The van der Waals surface area contributed by atoms with E-state index in [1.165, 1.54) is 6.07 Å². The second-order valence-corrected chi connectivity index (χ2v) is 5.89. The smallest absolute Gasteiger partial charge is 0.387 e. The third-order valence-corrected chi connectivity index (χ3v) is 3.70. The van der Waals surface area contributed by atoms with Gasteiger partial charge >= 0.3 is 6.61 Å². The Kier molecular flexibility index (Phi) is 9.47. The van der Waals surface area contributed by atoms with E-state index in [-0.39, 0.29) is 12.3 Å². The molecule has 7 nitrogen and oxygen atoms in total. The number of rotatable bonds is 11. The first-order chi connectivity index (χ1) is 14.1. The first kappa shape index (κ1) is 22.2. The summed E-state index contributed by atoms with van der Waals surface area (Å²) in [7, 11) is 1.62. The fourth-order valence-corrected chi connectivity index (χ4v) is 2.37. The largest absolute Gasteiger partial charge is 0.493 e. The summed E-state index contributed by atoms with van der Waals surface area (Å²) in [6.07, 6.45) is 4.12. The van der Waals surface area contributed by atoms with E-state index in [0.29, 0.717) is 42.8 Å². The van der Waals surface area contributed by atoms with Gasteiger partial charge in [0.15, 0.2) is 5.96 Å². The summed E-state index contributed by atoms with van der Waals surface area (Å²) in [6, 6.07) is 8.49. The van der Waals surface area contributed by atoms with Crippen molar-refractivity contribution in [2.45, 2.75) is 26.5 Å². The topological polar surface area (TPSA) is 77.0 Å². The first-order valence-corrected chi connectivity index (χ1v) is 9.30. The minimum Gasteiger partial charge on any atom is -0.493 e. The molecule has 0 saturated carbocycles. The van der Waals surface area contributed by atoms with Crippen molar-refractivity contribution in [3.63, 3.8) is 0 Å². The van der Waals surface area contributed by atoms with Gasteiger partial charge < -0.3 is 24.8 Å². The number of hydrogen-bond acceptors (Lipinski definition) is 5. The lowest BCUT2D eigenvalue weighted by Gasteiger charge is -2.16. The van der Waals surface area contributed by atoms with Gasteiger partial charge in [0, 0.05) is 31.4 Å². The second-order valence-electron chi connectivity index (χ2n) is 5.89. The lowest BCUT2D eigenvalue weighted by molar-refractivity contribution is -0.0505. The van der Waals surface area contributed by atoms with Gasteiger partial charge in [-0.25, -0.2) is 0 Å². The Morgan fingerprint density at radius 3 is 2.66 bits per heavy atom. The van der Waals surface area contributed by atoms with Gasteiger partial charge in [-0.3, -0.25) is 9.98 Å². The highest BCUT2D eigenvalue weighted by Crippen LogP contribution is 2.26. The maximum Gasteiger partial charge on any atom is 0.387 e. The molecule has 0 radical (unpaired) electrons. The van der Waals surface area contributed by atoms with Crippen LogP contribution in [0.1, 0.15) is 18.9 Å². The average molecular weight is 408 g/mol. The average Bonchev–Trinajstić information content (AvgIpc) is 2.73. The third kappa shape index (κ3) is 8.20. The molecule has 0 spiro atoms. The van der Waals surface area contributed by atoms with Gasteiger partial charge in [-0.15, -0.1) is 0 Å². The van der Waals surface area contributed by atoms with Crippen molar-refractivity contribution in [1.82, 2.24) is 15.6 Å². The molecule has 158 valence electrons. The highest BCUT2D eigenvalue weighted by Gasteiger charge is 2.12. The Bertz CT molecular complexity index is 761. The number of aromatic nitrogens is 1. The van der Waals surface area contributed by atoms with E-state index in [1.54, 1.807) is 37.6 Å². The number of hydrogen-bond donors (Lipinski definition) is 2. The van der Waals surface area contributed by atoms with E-state index in [1.807, 2.05) is 13.0 Å². The van der Waals surface area contributed by atoms with Crippen molar-refractivity contribution in [1.29, 1.82) is 0 Å². The van der Waals surface area contributed by atoms with Gasteiger partial charge in [-0.05, 0) is 30.7 Å². The zero-order chi connectivity index (χ0) is 20.9. The molecule has 0 saturated heterocycles. The maximum atomic E-state index is 12.8. The van der Waals surface area contributed by atoms with Crippen molar-refractivity contribution in [3.8, 4) is 17.2 Å². The highest BCUT2D eigenvalue weighted by atomic mass is 19.3. The SMILES string of the molecule is CCCOc1ccc(CNC(=NC)NCCOc2cccnc2)c(OC(F)F)c1. The van der Waals surface area contributed by atoms with Crippen molar-refractivity contribution < 1.29 is 23.0 Å². The molecule has 1 aromatic heterocycles. The van der Waals surface area contributed by atoms with Gasteiger partial charge in [0.05, 0.1) is 19.3 Å². The molecular weight excluding hydrogens is 382 g/mol. The normalized spacial score (nSPS) is 11.3. The molecule has 2 aromatic rings. The first-order valence-electron chi connectivity index (χ1n) is 9.30. The molecule has 0 aliphatic heterocycles. The van der Waals surface area contributed by atoms with Gasteiger partial charge in [0.2, 0.25) is 0 Å². The molecule has 0 atom stereocenters. The molecule has 2 rings (SSSR count). The van der Waals surface area contributed by atoms with Crippen LogP contribution >= 0.6 is 0 Å². The van der Waals surface area contributed by atoms with Crippen LogP contribution in [-0.2, 0) is 6.54 Å². The maximum absolute atomic E-state index is 12.8. The predicted molar refractivity (Wildman–Crippen MR) is 107 cm³/mol. The summed E-state index contributed by atoms with van der Waals surface area (Å²) < 4.78 is 41.2. The molecule has 0 aliphatic rings. The van der Waals surface area contributed by atoms with Gasteiger partial charge in [0.25, 0.3) is 0 Å². The molecule has 0 fully saturated rings. The Morgan fingerprint density at radius 2 is 1.97 bits per heavy atom. The fraction of sp³-hybridized carbons (Fsp3) is 0.400. The Labute approximate surface area is 169 Å². The molecule has 1 aromatic carbocycles. The number of pyridine rings is 1. The summed E-state index contributed by atoms with van der Waals surface area (Å²) >= 11 is 0. The van der Waals surface area contributed by atoms with Crippen molar-refractivity contribution in [2.24, 2.45) is 4.99 Å². The van der Waals surface area contributed by atoms with Crippen molar-refractivity contribution in [2.75, 3.05) is 26.8 Å². The molecule has 0 amide bonds. The summed E-state index contributed by atoms with van der Waals surface area (Å²) in [5.41, 5.74) is 0.559.